The predicted octanol–water partition coefficient (Wildman–Crippen LogP) is 1.06. The monoisotopic (exact) mass is 210 g/mol. The van der Waals surface area contributed by atoms with E-state index < -0.39 is 5.97 Å². The van der Waals surface area contributed by atoms with Gasteiger partial charge in [-0.1, -0.05) is 0 Å². The van der Waals surface area contributed by atoms with Crippen molar-refractivity contribution >= 4 is 5.97 Å². The number of fused-ring (bicyclic) bond motifs is 1. The SMILES string of the molecule is COCc1nn2c(c1C(=O)O)CCCC2. The molecule has 0 amide bonds. The number of carbonyl (C=O) groups is 1. The average molecular weight is 210 g/mol. The van der Waals surface area contributed by atoms with E-state index in [0.29, 0.717) is 11.3 Å². The molecule has 2 rings (SSSR count). The molecule has 0 unspecified atom stereocenters. The zero-order valence-corrected chi connectivity index (χ0v) is 8.69. The second-order valence-corrected chi connectivity index (χ2v) is 3.69. The molecular weight excluding hydrogens is 196 g/mol. The molecule has 15 heavy (non-hydrogen) atoms. The number of aryl methyl sites for hydroxylation is 1. The van der Waals surface area contributed by atoms with E-state index in [1.54, 1.807) is 11.8 Å². The van der Waals surface area contributed by atoms with Gasteiger partial charge in [0, 0.05) is 13.7 Å². The smallest absolute Gasteiger partial charge is 0.339 e. The molecule has 1 aliphatic rings. The Morgan fingerprint density at radius 1 is 1.60 bits per heavy atom. The number of methoxy groups -OCH3 is 1. The minimum atomic E-state index is -0.898. The van der Waals surface area contributed by atoms with Gasteiger partial charge in [-0.2, -0.15) is 5.10 Å². The van der Waals surface area contributed by atoms with E-state index in [2.05, 4.69) is 5.10 Å². The zero-order chi connectivity index (χ0) is 10.8. The van der Waals surface area contributed by atoms with Crippen LogP contribution in [-0.2, 0) is 24.3 Å². The number of hydrogen-bond donors (Lipinski definition) is 1. The number of aromatic nitrogens is 2. The Labute approximate surface area is 87.7 Å². The third kappa shape index (κ3) is 1.74. The van der Waals surface area contributed by atoms with Gasteiger partial charge in [0.15, 0.2) is 0 Å². The van der Waals surface area contributed by atoms with Crippen molar-refractivity contribution < 1.29 is 14.6 Å². The van der Waals surface area contributed by atoms with Crippen LogP contribution >= 0.6 is 0 Å². The molecule has 1 aromatic rings. The Balaban J connectivity index is 2.46. The summed E-state index contributed by atoms with van der Waals surface area (Å²) in [4.78, 5) is 11.1. The van der Waals surface area contributed by atoms with Crippen LogP contribution in [-0.4, -0.2) is 28.0 Å². The highest BCUT2D eigenvalue weighted by atomic mass is 16.5. The van der Waals surface area contributed by atoms with E-state index in [1.165, 1.54) is 0 Å². The largest absolute Gasteiger partial charge is 0.478 e. The van der Waals surface area contributed by atoms with Crippen LogP contribution in [0.5, 0.6) is 0 Å². The first-order chi connectivity index (χ1) is 7.24. The van der Waals surface area contributed by atoms with Gasteiger partial charge in [0.25, 0.3) is 0 Å². The standard InChI is InChI=1S/C10H14N2O3/c1-15-6-7-9(10(13)14)8-4-2-3-5-12(8)11-7/h2-6H2,1H3,(H,13,14). The van der Waals surface area contributed by atoms with E-state index in [-0.39, 0.29) is 6.61 Å². The Bertz CT molecular complexity index is 384. The molecule has 0 saturated heterocycles. The van der Waals surface area contributed by atoms with Crippen LogP contribution in [0.4, 0.5) is 0 Å². The molecule has 5 heteroatoms. The van der Waals surface area contributed by atoms with Crippen LogP contribution in [0.2, 0.25) is 0 Å². The van der Waals surface area contributed by atoms with Crippen LogP contribution < -0.4 is 0 Å². The molecule has 1 aromatic heterocycles. The number of carboxylic acids is 1. The molecule has 0 bridgehead atoms. The minimum absolute atomic E-state index is 0.266. The number of nitrogens with zero attached hydrogens (tertiary/aromatic N) is 2. The Hall–Kier alpha value is -1.36. The first kappa shape index (κ1) is 10.2. The van der Waals surface area contributed by atoms with Crippen molar-refractivity contribution in [2.24, 2.45) is 0 Å². The summed E-state index contributed by atoms with van der Waals surface area (Å²) in [5, 5.41) is 13.4. The van der Waals surface area contributed by atoms with Gasteiger partial charge in [0.1, 0.15) is 11.3 Å². The summed E-state index contributed by atoms with van der Waals surface area (Å²) in [5.41, 5.74) is 1.74. The number of rotatable bonds is 3. The van der Waals surface area contributed by atoms with Crippen LogP contribution in [0.3, 0.4) is 0 Å². The number of ether oxygens (including phenoxy) is 1. The third-order valence-electron chi connectivity index (χ3n) is 2.66. The molecule has 82 valence electrons. The van der Waals surface area contributed by atoms with Crippen LogP contribution in [0.15, 0.2) is 0 Å². The second-order valence-electron chi connectivity index (χ2n) is 3.69. The van der Waals surface area contributed by atoms with Gasteiger partial charge in [-0.25, -0.2) is 4.79 Å². The first-order valence-corrected chi connectivity index (χ1v) is 5.05. The number of hydrogen-bond acceptors (Lipinski definition) is 3. The summed E-state index contributed by atoms with van der Waals surface area (Å²) in [7, 11) is 1.55. The van der Waals surface area contributed by atoms with E-state index in [0.717, 1.165) is 31.5 Å². The predicted molar refractivity (Wildman–Crippen MR) is 52.8 cm³/mol. The van der Waals surface area contributed by atoms with Crippen molar-refractivity contribution in [3.63, 3.8) is 0 Å². The topological polar surface area (TPSA) is 64.4 Å². The van der Waals surface area contributed by atoms with Crippen molar-refractivity contribution in [1.29, 1.82) is 0 Å². The van der Waals surface area contributed by atoms with E-state index >= 15 is 0 Å². The third-order valence-corrected chi connectivity index (χ3v) is 2.66. The lowest BCUT2D eigenvalue weighted by Crippen LogP contribution is -2.13. The first-order valence-electron chi connectivity index (χ1n) is 5.05. The molecule has 0 aliphatic carbocycles. The molecule has 2 heterocycles. The van der Waals surface area contributed by atoms with Gasteiger partial charge in [-0.05, 0) is 19.3 Å². The maximum atomic E-state index is 11.1. The highest BCUT2D eigenvalue weighted by Crippen LogP contribution is 2.22. The van der Waals surface area contributed by atoms with Gasteiger partial charge in [-0.3, -0.25) is 4.68 Å². The van der Waals surface area contributed by atoms with Crippen molar-refractivity contribution in [3.05, 3.63) is 17.0 Å². The molecule has 0 fully saturated rings. The van der Waals surface area contributed by atoms with E-state index in [9.17, 15) is 4.79 Å². The van der Waals surface area contributed by atoms with E-state index in [4.69, 9.17) is 9.84 Å². The highest BCUT2D eigenvalue weighted by molar-refractivity contribution is 5.90. The molecule has 0 spiro atoms. The van der Waals surface area contributed by atoms with Crippen molar-refractivity contribution in [2.45, 2.75) is 32.4 Å². The quantitative estimate of drug-likeness (QED) is 0.810. The fraction of sp³-hybridized carbons (Fsp3) is 0.600. The summed E-state index contributed by atoms with van der Waals surface area (Å²) >= 11 is 0. The zero-order valence-electron chi connectivity index (χ0n) is 8.69. The maximum absolute atomic E-state index is 11.1. The van der Waals surface area contributed by atoms with Gasteiger partial charge in [-0.15, -0.1) is 0 Å². The minimum Gasteiger partial charge on any atom is -0.478 e. The highest BCUT2D eigenvalue weighted by Gasteiger charge is 2.24. The molecule has 1 N–H and O–H groups in total. The van der Waals surface area contributed by atoms with Gasteiger partial charge in [0.05, 0.1) is 12.3 Å². The molecule has 0 radical (unpaired) electrons. The molecule has 0 atom stereocenters. The summed E-state index contributed by atoms with van der Waals surface area (Å²) in [6.07, 6.45) is 2.91. The normalized spacial score (nSPS) is 15.0. The number of aromatic carboxylic acids is 1. The summed E-state index contributed by atoms with van der Waals surface area (Å²) < 4.78 is 6.76. The van der Waals surface area contributed by atoms with Crippen molar-refractivity contribution in [1.82, 2.24) is 9.78 Å². The second kappa shape index (κ2) is 4.02. The lowest BCUT2D eigenvalue weighted by Gasteiger charge is -2.13. The van der Waals surface area contributed by atoms with E-state index in [1.807, 2.05) is 0 Å². The van der Waals surface area contributed by atoms with Crippen molar-refractivity contribution in [3.8, 4) is 0 Å². The Kier molecular flexibility index (Phi) is 2.73. The van der Waals surface area contributed by atoms with Crippen molar-refractivity contribution in [2.75, 3.05) is 7.11 Å². The summed E-state index contributed by atoms with van der Waals surface area (Å²) in [6, 6.07) is 0. The van der Waals surface area contributed by atoms with Crippen LogP contribution in [0, 0.1) is 0 Å². The molecule has 0 aromatic carbocycles. The molecule has 1 aliphatic heterocycles. The van der Waals surface area contributed by atoms with Gasteiger partial charge >= 0.3 is 5.97 Å². The Morgan fingerprint density at radius 3 is 3.07 bits per heavy atom. The summed E-state index contributed by atoms with van der Waals surface area (Å²) in [5.74, 6) is -0.898. The fourth-order valence-electron chi connectivity index (χ4n) is 2.03. The molecule has 5 nitrogen and oxygen atoms in total. The fourth-order valence-corrected chi connectivity index (χ4v) is 2.03. The lowest BCUT2D eigenvalue weighted by molar-refractivity contribution is 0.0690. The lowest BCUT2D eigenvalue weighted by atomic mass is 10.1. The number of carboxylic acid groups (broad SMARTS) is 1. The molecular formula is C10H14N2O3. The van der Waals surface area contributed by atoms with Gasteiger partial charge in [0.2, 0.25) is 0 Å². The maximum Gasteiger partial charge on any atom is 0.339 e. The van der Waals surface area contributed by atoms with Crippen LogP contribution in [0.1, 0.15) is 34.6 Å². The van der Waals surface area contributed by atoms with Gasteiger partial charge < -0.3 is 9.84 Å². The Morgan fingerprint density at radius 2 is 2.40 bits per heavy atom. The average Bonchev–Trinajstić information content (AvgIpc) is 2.56. The van der Waals surface area contributed by atoms with Crippen LogP contribution in [0.25, 0.3) is 0 Å². The molecule has 0 saturated carbocycles. The summed E-state index contributed by atoms with van der Waals surface area (Å²) in [6.45, 7) is 1.08.